The van der Waals surface area contributed by atoms with E-state index in [4.69, 9.17) is 5.14 Å². The molecule has 1 aromatic carbocycles. The molecular formula is C19H30N6O2S. The van der Waals surface area contributed by atoms with Gasteiger partial charge in [0.2, 0.25) is 10.0 Å². The van der Waals surface area contributed by atoms with Crippen LogP contribution in [0.2, 0.25) is 0 Å². The Morgan fingerprint density at radius 1 is 1.29 bits per heavy atom. The molecule has 154 valence electrons. The van der Waals surface area contributed by atoms with Crippen LogP contribution in [0.15, 0.2) is 34.2 Å². The number of guanidine groups is 1. The lowest BCUT2D eigenvalue weighted by Gasteiger charge is -2.18. The van der Waals surface area contributed by atoms with E-state index in [2.05, 4.69) is 34.6 Å². The van der Waals surface area contributed by atoms with Gasteiger partial charge in [-0.1, -0.05) is 12.1 Å². The van der Waals surface area contributed by atoms with Crippen molar-refractivity contribution in [2.75, 3.05) is 6.54 Å². The summed E-state index contributed by atoms with van der Waals surface area (Å²) < 4.78 is 24.6. The van der Waals surface area contributed by atoms with Crippen molar-refractivity contribution in [1.29, 1.82) is 0 Å². The van der Waals surface area contributed by atoms with Gasteiger partial charge in [0.1, 0.15) is 0 Å². The molecule has 1 atom stereocenters. The summed E-state index contributed by atoms with van der Waals surface area (Å²) in [5.74, 6) is 0.713. The van der Waals surface area contributed by atoms with Crippen LogP contribution in [0.25, 0.3) is 0 Å². The minimum absolute atomic E-state index is 0.0982. The summed E-state index contributed by atoms with van der Waals surface area (Å²) in [5, 5.41) is 16.3. The molecule has 0 radical (unpaired) electrons. The quantitative estimate of drug-likeness (QED) is 0.475. The monoisotopic (exact) mass is 406 g/mol. The van der Waals surface area contributed by atoms with Crippen LogP contribution in [0.5, 0.6) is 0 Å². The minimum atomic E-state index is -3.68. The number of aryl methyl sites for hydroxylation is 2. The van der Waals surface area contributed by atoms with E-state index in [1.54, 1.807) is 12.1 Å². The largest absolute Gasteiger partial charge is 0.357 e. The Balaban J connectivity index is 2.05. The van der Waals surface area contributed by atoms with Crippen LogP contribution < -0.4 is 15.8 Å². The topological polar surface area (TPSA) is 114 Å². The average molecular weight is 407 g/mol. The van der Waals surface area contributed by atoms with Crippen LogP contribution >= 0.6 is 0 Å². The van der Waals surface area contributed by atoms with Crippen molar-refractivity contribution in [3.8, 4) is 0 Å². The number of nitrogens with two attached hydrogens (primary N) is 1. The van der Waals surface area contributed by atoms with E-state index < -0.39 is 10.0 Å². The third-order valence-corrected chi connectivity index (χ3v) is 5.50. The number of rotatable bonds is 7. The van der Waals surface area contributed by atoms with Gasteiger partial charge in [-0.15, -0.1) is 0 Å². The molecule has 8 nitrogen and oxygen atoms in total. The molecule has 1 aromatic heterocycles. The minimum Gasteiger partial charge on any atom is -0.357 e. The van der Waals surface area contributed by atoms with Gasteiger partial charge >= 0.3 is 0 Å². The SMILES string of the molecule is CCNC(=NCc1ccc(S(N)(=O)=O)cc1)NC(C)Cc1c(C)nn(C)c1C. The predicted octanol–water partition coefficient (Wildman–Crippen LogP) is 1.37. The lowest BCUT2D eigenvalue weighted by atomic mass is 10.1. The Morgan fingerprint density at radius 2 is 1.93 bits per heavy atom. The molecule has 2 rings (SSSR count). The Bertz CT molecular complexity index is 932. The number of aromatic nitrogens is 2. The first-order valence-electron chi connectivity index (χ1n) is 9.27. The van der Waals surface area contributed by atoms with E-state index in [-0.39, 0.29) is 10.9 Å². The van der Waals surface area contributed by atoms with Gasteiger partial charge in [-0.3, -0.25) is 4.68 Å². The van der Waals surface area contributed by atoms with Gasteiger partial charge in [0.15, 0.2) is 5.96 Å². The van der Waals surface area contributed by atoms with E-state index in [0.29, 0.717) is 12.5 Å². The number of sulfonamides is 1. The Morgan fingerprint density at radius 3 is 2.43 bits per heavy atom. The second kappa shape index (κ2) is 9.20. The molecule has 0 amide bonds. The highest BCUT2D eigenvalue weighted by Crippen LogP contribution is 2.14. The molecule has 2 aromatic rings. The van der Waals surface area contributed by atoms with Crippen molar-refractivity contribution < 1.29 is 8.42 Å². The first kappa shape index (κ1) is 21.9. The van der Waals surface area contributed by atoms with Crippen LogP contribution in [-0.4, -0.2) is 36.7 Å². The maximum Gasteiger partial charge on any atom is 0.238 e. The molecule has 0 saturated carbocycles. The number of hydrogen-bond donors (Lipinski definition) is 3. The third-order valence-electron chi connectivity index (χ3n) is 4.57. The number of benzene rings is 1. The summed E-state index contributed by atoms with van der Waals surface area (Å²) in [7, 11) is -1.72. The van der Waals surface area contributed by atoms with Gasteiger partial charge in [0, 0.05) is 25.3 Å². The molecule has 0 bridgehead atoms. The summed E-state index contributed by atoms with van der Waals surface area (Å²) >= 11 is 0. The van der Waals surface area contributed by atoms with Crippen LogP contribution in [0, 0.1) is 13.8 Å². The summed E-state index contributed by atoms with van der Waals surface area (Å²) in [6.45, 7) is 9.40. The Labute approximate surface area is 167 Å². The standard InChI is InChI=1S/C19H30N6O2S/c1-6-21-19(22-12-16-7-9-17(10-8-16)28(20,26)27)23-13(2)11-18-14(3)24-25(5)15(18)4/h7-10,13H,6,11-12H2,1-5H3,(H2,20,26,27)(H2,21,22,23). The van der Waals surface area contributed by atoms with Crippen molar-refractivity contribution in [2.45, 2.75) is 51.6 Å². The van der Waals surface area contributed by atoms with Crippen molar-refractivity contribution in [1.82, 2.24) is 20.4 Å². The van der Waals surface area contributed by atoms with E-state index in [1.165, 1.54) is 23.4 Å². The highest BCUT2D eigenvalue weighted by atomic mass is 32.2. The Kier molecular flexibility index (Phi) is 7.20. The highest BCUT2D eigenvalue weighted by molar-refractivity contribution is 7.89. The Hall–Kier alpha value is -2.39. The fraction of sp³-hybridized carbons (Fsp3) is 0.474. The normalized spacial score (nSPS) is 13.4. The molecule has 9 heteroatoms. The van der Waals surface area contributed by atoms with E-state index in [9.17, 15) is 8.42 Å². The number of aliphatic imine (C=N–C) groups is 1. The second-order valence-electron chi connectivity index (χ2n) is 6.91. The molecule has 4 N–H and O–H groups in total. The first-order chi connectivity index (χ1) is 13.1. The van der Waals surface area contributed by atoms with Crippen molar-refractivity contribution in [3.63, 3.8) is 0 Å². The number of nitrogens with one attached hydrogen (secondary N) is 2. The lowest BCUT2D eigenvalue weighted by Crippen LogP contribution is -2.43. The molecule has 0 aliphatic carbocycles. The molecule has 28 heavy (non-hydrogen) atoms. The number of hydrogen-bond acceptors (Lipinski definition) is 4. The molecule has 1 heterocycles. The molecule has 0 fully saturated rings. The van der Waals surface area contributed by atoms with Crippen LogP contribution in [0.1, 0.15) is 36.4 Å². The van der Waals surface area contributed by atoms with Crippen LogP contribution in [-0.2, 0) is 30.0 Å². The van der Waals surface area contributed by atoms with Crippen LogP contribution in [0.4, 0.5) is 0 Å². The predicted molar refractivity (Wildman–Crippen MR) is 112 cm³/mol. The molecule has 1 unspecified atom stereocenters. The summed E-state index contributed by atoms with van der Waals surface area (Å²) in [6, 6.07) is 6.61. The van der Waals surface area contributed by atoms with Crippen molar-refractivity contribution in [2.24, 2.45) is 17.2 Å². The number of nitrogens with zero attached hydrogens (tertiary/aromatic N) is 3. The lowest BCUT2D eigenvalue weighted by molar-refractivity contribution is 0.597. The smallest absolute Gasteiger partial charge is 0.238 e. The molecular weight excluding hydrogens is 376 g/mol. The van der Waals surface area contributed by atoms with Crippen LogP contribution in [0.3, 0.4) is 0 Å². The van der Waals surface area contributed by atoms with E-state index in [0.717, 1.165) is 24.2 Å². The fourth-order valence-electron chi connectivity index (χ4n) is 2.98. The molecule has 0 saturated heterocycles. The summed E-state index contributed by atoms with van der Waals surface area (Å²) in [4.78, 5) is 4.70. The third kappa shape index (κ3) is 5.80. The van der Waals surface area contributed by atoms with Crippen molar-refractivity contribution >= 4 is 16.0 Å². The first-order valence-corrected chi connectivity index (χ1v) is 10.8. The zero-order valence-corrected chi connectivity index (χ0v) is 18.0. The maximum absolute atomic E-state index is 11.3. The highest BCUT2D eigenvalue weighted by Gasteiger charge is 2.14. The average Bonchev–Trinajstić information content (AvgIpc) is 2.85. The summed E-state index contributed by atoms with van der Waals surface area (Å²) in [6.07, 6.45) is 0.846. The molecule has 0 aliphatic rings. The van der Waals surface area contributed by atoms with Gasteiger partial charge in [-0.25, -0.2) is 18.5 Å². The zero-order valence-electron chi connectivity index (χ0n) is 17.2. The maximum atomic E-state index is 11.3. The second-order valence-corrected chi connectivity index (χ2v) is 8.47. The van der Waals surface area contributed by atoms with Crippen molar-refractivity contribution in [3.05, 3.63) is 46.8 Å². The summed E-state index contributed by atoms with van der Waals surface area (Å²) in [5.41, 5.74) is 4.36. The zero-order chi connectivity index (χ0) is 20.9. The number of primary sulfonamides is 1. The fourth-order valence-corrected chi connectivity index (χ4v) is 3.49. The van der Waals surface area contributed by atoms with E-state index in [1.807, 2.05) is 25.6 Å². The van der Waals surface area contributed by atoms with Gasteiger partial charge < -0.3 is 10.6 Å². The molecule has 0 spiro atoms. The van der Waals surface area contributed by atoms with Gasteiger partial charge in [-0.2, -0.15) is 5.10 Å². The van der Waals surface area contributed by atoms with E-state index >= 15 is 0 Å². The van der Waals surface area contributed by atoms with Gasteiger partial charge in [0.25, 0.3) is 0 Å². The van der Waals surface area contributed by atoms with Gasteiger partial charge in [-0.05, 0) is 57.4 Å². The molecule has 0 aliphatic heterocycles. The van der Waals surface area contributed by atoms with Gasteiger partial charge in [0.05, 0.1) is 17.1 Å².